The van der Waals surface area contributed by atoms with E-state index in [1.54, 1.807) is 0 Å². The van der Waals surface area contributed by atoms with Gasteiger partial charge in [-0.2, -0.15) is 0 Å². The van der Waals surface area contributed by atoms with Gasteiger partial charge in [0.15, 0.2) is 5.78 Å². The summed E-state index contributed by atoms with van der Waals surface area (Å²) in [6, 6.07) is 0. The number of fused-ring (bicyclic) bond motifs is 5. The molecule has 0 aliphatic heterocycles. The van der Waals surface area contributed by atoms with Crippen LogP contribution in [0.5, 0.6) is 0 Å². The highest BCUT2D eigenvalue weighted by Crippen LogP contribution is 2.65. The van der Waals surface area contributed by atoms with Gasteiger partial charge in [-0.15, -0.1) is 0 Å². The summed E-state index contributed by atoms with van der Waals surface area (Å²) in [5, 5.41) is 21.0. The number of ketones is 1. The lowest BCUT2D eigenvalue weighted by molar-refractivity contribution is -0.133. The second kappa shape index (κ2) is 4.92. The van der Waals surface area contributed by atoms with Crippen LogP contribution >= 0.6 is 0 Å². The van der Waals surface area contributed by atoms with Crippen LogP contribution < -0.4 is 0 Å². The molecule has 130 valence electrons. The molecule has 0 bridgehead atoms. The van der Waals surface area contributed by atoms with Gasteiger partial charge in [0.1, 0.15) is 0 Å². The summed E-state index contributed by atoms with van der Waals surface area (Å²) in [6.07, 6.45) is 5.37. The molecule has 3 fully saturated rings. The number of carbonyl (C=O) groups excluding carboxylic acids is 1. The molecule has 0 spiro atoms. The van der Waals surface area contributed by atoms with E-state index in [1.165, 1.54) is 5.57 Å². The molecule has 0 aromatic carbocycles. The Balaban J connectivity index is 1.81. The summed E-state index contributed by atoms with van der Waals surface area (Å²) in [4.78, 5) is 12.8. The van der Waals surface area contributed by atoms with Crippen LogP contribution in [0.3, 0.4) is 0 Å². The zero-order valence-electron chi connectivity index (χ0n) is 14.7. The second-order valence-electron chi connectivity index (χ2n) is 8.95. The van der Waals surface area contributed by atoms with Crippen LogP contribution in [0.15, 0.2) is 36.0 Å². The topological polar surface area (TPSA) is 57.5 Å². The maximum absolute atomic E-state index is 12.8. The van der Waals surface area contributed by atoms with Gasteiger partial charge in [-0.05, 0) is 54.9 Å². The first-order valence-electron chi connectivity index (χ1n) is 9.20. The Hall–Kier alpha value is -1.19. The van der Waals surface area contributed by atoms with Crippen molar-refractivity contribution in [2.24, 2.45) is 28.6 Å². The Morgan fingerprint density at radius 2 is 1.79 bits per heavy atom. The first-order valence-corrected chi connectivity index (χ1v) is 9.20. The van der Waals surface area contributed by atoms with Gasteiger partial charge >= 0.3 is 0 Å². The molecule has 24 heavy (non-hydrogen) atoms. The summed E-state index contributed by atoms with van der Waals surface area (Å²) in [5.41, 5.74) is 2.19. The average molecular weight is 328 g/mol. The highest BCUT2D eigenvalue weighted by molar-refractivity contribution is 6.07. The van der Waals surface area contributed by atoms with Gasteiger partial charge in [0.05, 0.1) is 12.2 Å². The van der Waals surface area contributed by atoms with E-state index >= 15 is 0 Å². The maximum atomic E-state index is 12.8. The van der Waals surface area contributed by atoms with Crippen LogP contribution in [0.4, 0.5) is 0 Å². The molecule has 0 amide bonds. The van der Waals surface area contributed by atoms with Gasteiger partial charge in [-0.25, -0.2) is 0 Å². The van der Waals surface area contributed by atoms with E-state index in [9.17, 15) is 15.0 Å². The van der Waals surface area contributed by atoms with Crippen molar-refractivity contribution in [2.75, 3.05) is 0 Å². The van der Waals surface area contributed by atoms with Crippen molar-refractivity contribution in [1.29, 1.82) is 0 Å². The zero-order valence-corrected chi connectivity index (χ0v) is 14.7. The van der Waals surface area contributed by atoms with Crippen molar-refractivity contribution in [3.05, 3.63) is 36.0 Å². The highest BCUT2D eigenvalue weighted by atomic mass is 16.3. The quantitative estimate of drug-likeness (QED) is 0.530. The molecule has 3 heteroatoms. The molecule has 0 aromatic rings. The van der Waals surface area contributed by atoms with Crippen molar-refractivity contribution in [3.63, 3.8) is 0 Å². The van der Waals surface area contributed by atoms with Gasteiger partial charge in [0, 0.05) is 16.9 Å². The molecular formula is C21H28O3. The molecule has 3 saturated carbocycles. The van der Waals surface area contributed by atoms with E-state index < -0.39 is 11.5 Å². The van der Waals surface area contributed by atoms with Gasteiger partial charge < -0.3 is 10.2 Å². The summed E-state index contributed by atoms with van der Waals surface area (Å²) in [7, 11) is 0. The predicted octanol–water partition coefficient (Wildman–Crippen LogP) is 3.18. The Labute approximate surface area is 144 Å². The van der Waals surface area contributed by atoms with E-state index in [4.69, 9.17) is 0 Å². The number of aliphatic hydroxyl groups excluding tert-OH is 2. The fourth-order valence-corrected chi connectivity index (χ4v) is 6.40. The molecule has 0 heterocycles. The van der Waals surface area contributed by atoms with E-state index in [-0.39, 0.29) is 29.1 Å². The molecule has 7 atom stereocenters. The van der Waals surface area contributed by atoms with Crippen molar-refractivity contribution in [2.45, 2.75) is 58.2 Å². The number of hydrogen-bond acceptors (Lipinski definition) is 3. The van der Waals surface area contributed by atoms with Crippen LogP contribution in [0, 0.1) is 28.6 Å². The largest absolute Gasteiger partial charge is 0.393 e. The number of aliphatic hydroxyl groups is 2. The minimum Gasteiger partial charge on any atom is -0.393 e. The first-order chi connectivity index (χ1) is 11.2. The van der Waals surface area contributed by atoms with Gasteiger partial charge in [0.2, 0.25) is 0 Å². The Morgan fingerprint density at radius 1 is 1.12 bits per heavy atom. The van der Waals surface area contributed by atoms with Crippen molar-refractivity contribution in [1.82, 2.24) is 0 Å². The molecule has 2 unspecified atom stereocenters. The van der Waals surface area contributed by atoms with Crippen LogP contribution in [-0.4, -0.2) is 28.2 Å². The molecule has 2 N–H and O–H groups in total. The molecule has 0 radical (unpaired) electrons. The minimum atomic E-state index is -0.566. The molecule has 4 aliphatic carbocycles. The lowest BCUT2D eigenvalue weighted by Crippen LogP contribution is -2.54. The molecule has 3 nitrogen and oxygen atoms in total. The Morgan fingerprint density at radius 3 is 2.50 bits per heavy atom. The number of hydrogen-bond donors (Lipinski definition) is 2. The van der Waals surface area contributed by atoms with E-state index in [0.717, 1.165) is 31.3 Å². The van der Waals surface area contributed by atoms with Crippen molar-refractivity contribution in [3.8, 4) is 0 Å². The Kier molecular flexibility index (Phi) is 3.34. The average Bonchev–Trinajstić information content (AvgIpc) is 2.71. The smallest absolute Gasteiger partial charge is 0.169 e. The standard InChI is InChI=1S/C21H28O3/c1-11-12(2)19(24)21(4)8-6-15-17(18(11)21)16(23)10-13-9-14(22)5-7-20(13,15)3/h10,14-18,22-23H,1-2,5-9H2,3-4H3/t14?,15-,16?,17+,18+,20+,21+/m1/s1. The van der Waals surface area contributed by atoms with Crippen LogP contribution in [0.1, 0.15) is 46.0 Å². The van der Waals surface area contributed by atoms with Gasteiger partial charge in [-0.3, -0.25) is 4.79 Å². The molecule has 0 aromatic heterocycles. The third kappa shape index (κ3) is 1.83. The number of rotatable bonds is 0. The fraction of sp³-hybridized carbons (Fsp3) is 0.667. The van der Waals surface area contributed by atoms with Crippen LogP contribution in [0.2, 0.25) is 0 Å². The second-order valence-corrected chi connectivity index (χ2v) is 8.95. The van der Waals surface area contributed by atoms with E-state index in [2.05, 4.69) is 20.1 Å². The lowest BCUT2D eigenvalue weighted by atomic mass is 9.47. The number of Topliss-reactive ketones (excluding diaryl/α,β-unsaturated/α-hetero) is 1. The van der Waals surface area contributed by atoms with Crippen LogP contribution in [0.25, 0.3) is 0 Å². The number of allylic oxidation sites excluding steroid dienone is 2. The summed E-state index contributed by atoms with van der Waals surface area (Å²) in [5.74, 6) is 0.492. The first kappa shape index (κ1) is 16.3. The lowest BCUT2D eigenvalue weighted by Gasteiger charge is -2.57. The fourth-order valence-electron chi connectivity index (χ4n) is 6.40. The predicted molar refractivity (Wildman–Crippen MR) is 93.2 cm³/mol. The van der Waals surface area contributed by atoms with Crippen LogP contribution in [-0.2, 0) is 4.79 Å². The van der Waals surface area contributed by atoms with E-state index in [0.29, 0.717) is 17.9 Å². The number of carbonyl (C=O) groups is 1. The third-order valence-corrected chi connectivity index (χ3v) is 7.84. The summed E-state index contributed by atoms with van der Waals surface area (Å²) >= 11 is 0. The third-order valence-electron chi connectivity index (χ3n) is 7.84. The normalized spacial score (nSPS) is 50.9. The van der Waals surface area contributed by atoms with Crippen molar-refractivity contribution < 1.29 is 15.0 Å². The van der Waals surface area contributed by atoms with Gasteiger partial charge in [0.25, 0.3) is 0 Å². The molecule has 0 saturated heterocycles. The van der Waals surface area contributed by atoms with E-state index in [1.807, 2.05) is 13.0 Å². The maximum Gasteiger partial charge on any atom is 0.169 e. The monoisotopic (exact) mass is 328 g/mol. The molecular weight excluding hydrogens is 300 g/mol. The molecule has 4 aliphatic rings. The SMILES string of the molecule is C=C1C(=C)[C@H]2[C@@H]3C(O)C=C4CC(O)CC[C@]4(C)[C@@H]3CC[C@]2(C)C1=O. The Bertz CT molecular complexity index is 675. The van der Waals surface area contributed by atoms with Crippen molar-refractivity contribution >= 4 is 5.78 Å². The summed E-state index contributed by atoms with van der Waals surface area (Å²) < 4.78 is 0. The molecule has 4 rings (SSSR count). The zero-order chi connectivity index (χ0) is 17.4. The minimum absolute atomic E-state index is 0.00674. The summed E-state index contributed by atoms with van der Waals surface area (Å²) in [6.45, 7) is 12.5. The highest BCUT2D eigenvalue weighted by Gasteiger charge is 2.62. The van der Waals surface area contributed by atoms with Gasteiger partial charge in [-0.1, -0.05) is 38.7 Å².